The maximum absolute atomic E-state index is 12.0. The summed E-state index contributed by atoms with van der Waals surface area (Å²) in [4.78, 5) is 16.3. The molecule has 0 aliphatic rings. The summed E-state index contributed by atoms with van der Waals surface area (Å²) in [5.41, 5.74) is 2.61. The first-order chi connectivity index (χ1) is 12.7. The Bertz CT molecular complexity index is 925. The van der Waals surface area contributed by atoms with Crippen molar-refractivity contribution in [2.45, 2.75) is 0 Å². The zero-order valence-electron chi connectivity index (χ0n) is 13.8. The van der Waals surface area contributed by atoms with Gasteiger partial charge in [-0.3, -0.25) is 4.79 Å². The average molecular weight is 361 g/mol. The number of thiazole rings is 1. The lowest BCUT2D eigenvalue weighted by atomic mass is 10.2. The van der Waals surface area contributed by atoms with Gasteiger partial charge in [-0.1, -0.05) is 12.1 Å². The zero-order valence-corrected chi connectivity index (χ0v) is 14.6. The van der Waals surface area contributed by atoms with Gasteiger partial charge in [0.2, 0.25) is 5.91 Å². The Morgan fingerprint density at radius 3 is 2.62 bits per heavy atom. The van der Waals surface area contributed by atoms with E-state index in [2.05, 4.69) is 10.3 Å². The molecule has 5 nitrogen and oxygen atoms in total. The number of nitrogens with zero attached hydrogens (tertiary/aromatic N) is 2. The lowest BCUT2D eigenvalue weighted by molar-refractivity contribution is -0.111. The van der Waals surface area contributed by atoms with Crippen molar-refractivity contribution in [3.05, 3.63) is 71.7 Å². The lowest BCUT2D eigenvalue weighted by Crippen LogP contribution is -2.07. The summed E-state index contributed by atoms with van der Waals surface area (Å²) in [5, 5.41) is 14.2. The number of rotatable bonds is 6. The molecule has 2 aromatic carbocycles. The maximum atomic E-state index is 12.0. The van der Waals surface area contributed by atoms with Crippen LogP contribution in [0.3, 0.4) is 0 Å². The molecule has 128 valence electrons. The number of carbonyl (C=O) groups excluding carboxylic acids is 1. The van der Waals surface area contributed by atoms with Crippen molar-refractivity contribution >= 4 is 29.0 Å². The summed E-state index contributed by atoms with van der Waals surface area (Å²) in [6, 6.07) is 16.6. The average Bonchev–Trinajstić information content (AvgIpc) is 3.21. The van der Waals surface area contributed by atoms with Gasteiger partial charge in [0.25, 0.3) is 0 Å². The van der Waals surface area contributed by atoms with Crippen molar-refractivity contribution in [3.63, 3.8) is 0 Å². The SMILES string of the molecule is N#CCOc1ccc(/C=C/C(=O)Nc2ccc(-c3nccs3)cc2)cc1. The molecule has 0 aliphatic carbocycles. The van der Waals surface area contributed by atoms with Crippen LogP contribution in [-0.4, -0.2) is 17.5 Å². The van der Waals surface area contributed by atoms with Gasteiger partial charge in [0.15, 0.2) is 6.61 Å². The standard InChI is InChI=1S/C20H15N3O2S/c21-11-13-25-18-8-1-15(2-9-18)3-10-19(24)23-17-6-4-16(5-7-17)20-22-12-14-26-20/h1-10,12,14H,13H2,(H,23,24)/b10-3+. The second kappa shape index (κ2) is 8.60. The predicted octanol–water partition coefficient (Wildman–Crippen LogP) is 4.36. The monoisotopic (exact) mass is 361 g/mol. The van der Waals surface area contributed by atoms with Gasteiger partial charge in [0.1, 0.15) is 16.8 Å². The number of hydrogen-bond donors (Lipinski definition) is 1. The van der Waals surface area contributed by atoms with Crippen LogP contribution in [0, 0.1) is 11.3 Å². The topological polar surface area (TPSA) is 75.0 Å². The van der Waals surface area contributed by atoms with Crippen LogP contribution in [0.2, 0.25) is 0 Å². The summed E-state index contributed by atoms with van der Waals surface area (Å²) in [6.45, 7) is 0.0128. The summed E-state index contributed by atoms with van der Waals surface area (Å²) >= 11 is 1.57. The zero-order chi connectivity index (χ0) is 18.2. The van der Waals surface area contributed by atoms with E-state index in [1.54, 1.807) is 35.7 Å². The molecule has 1 amide bonds. The van der Waals surface area contributed by atoms with E-state index in [-0.39, 0.29) is 12.5 Å². The molecular formula is C20H15N3O2S. The molecule has 0 atom stereocenters. The van der Waals surface area contributed by atoms with Crippen LogP contribution in [-0.2, 0) is 4.79 Å². The molecule has 0 unspecified atom stereocenters. The fourth-order valence-electron chi connectivity index (χ4n) is 2.21. The first kappa shape index (κ1) is 17.4. The van der Waals surface area contributed by atoms with Gasteiger partial charge in [-0.15, -0.1) is 11.3 Å². The molecule has 0 spiro atoms. The molecule has 1 aromatic heterocycles. The number of anilines is 1. The molecule has 0 saturated carbocycles. The molecule has 0 radical (unpaired) electrons. The Morgan fingerprint density at radius 2 is 1.96 bits per heavy atom. The number of benzene rings is 2. The van der Waals surface area contributed by atoms with E-state index < -0.39 is 0 Å². The van der Waals surface area contributed by atoms with E-state index in [0.29, 0.717) is 5.75 Å². The van der Waals surface area contributed by atoms with Crippen LogP contribution in [0.1, 0.15) is 5.56 Å². The van der Waals surface area contributed by atoms with Gasteiger partial charge in [-0.2, -0.15) is 5.26 Å². The molecule has 0 fully saturated rings. The Balaban J connectivity index is 1.56. The van der Waals surface area contributed by atoms with Crippen molar-refractivity contribution in [1.29, 1.82) is 5.26 Å². The van der Waals surface area contributed by atoms with Crippen LogP contribution < -0.4 is 10.1 Å². The Labute approximate surface area is 155 Å². The lowest BCUT2D eigenvalue weighted by Gasteiger charge is -2.03. The number of ether oxygens (including phenoxy) is 1. The molecule has 1 N–H and O–H groups in total. The highest BCUT2D eigenvalue weighted by atomic mass is 32.1. The third-order valence-corrected chi connectivity index (χ3v) is 4.26. The molecule has 0 aliphatic heterocycles. The first-order valence-corrected chi connectivity index (χ1v) is 8.71. The second-order valence-corrected chi connectivity index (χ2v) is 6.15. The third kappa shape index (κ3) is 4.79. The fraction of sp³-hybridized carbons (Fsp3) is 0.0500. The fourth-order valence-corrected chi connectivity index (χ4v) is 2.85. The minimum absolute atomic E-state index is 0.0128. The van der Waals surface area contributed by atoms with Crippen molar-refractivity contribution in [1.82, 2.24) is 4.98 Å². The smallest absolute Gasteiger partial charge is 0.248 e. The third-order valence-electron chi connectivity index (χ3n) is 3.44. The molecule has 26 heavy (non-hydrogen) atoms. The molecule has 0 bridgehead atoms. The van der Waals surface area contributed by atoms with Crippen LogP contribution in [0.4, 0.5) is 5.69 Å². The van der Waals surface area contributed by atoms with E-state index >= 15 is 0 Å². The van der Waals surface area contributed by atoms with Crippen molar-refractivity contribution in [3.8, 4) is 22.4 Å². The Morgan fingerprint density at radius 1 is 1.19 bits per heavy atom. The van der Waals surface area contributed by atoms with E-state index in [1.807, 2.05) is 47.8 Å². The predicted molar refractivity (Wildman–Crippen MR) is 103 cm³/mol. The summed E-state index contributed by atoms with van der Waals surface area (Å²) in [5.74, 6) is 0.408. The normalized spacial score (nSPS) is 10.4. The highest BCUT2D eigenvalue weighted by molar-refractivity contribution is 7.13. The summed E-state index contributed by atoms with van der Waals surface area (Å²) in [7, 11) is 0. The second-order valence-electron chi connectivity index (χ2n) is 5.25. The highest BCUT2D eigenvalue weighted by Crippen LogP contribution is 2.23. The van der Waals surface area contributed by atoms with Gasteiger partial charge in [0.05, 0.1) is 0 Å². The van der Waals surface area contributed by atoms with Gasteiger partial charge < -0.3 is 10.1 Å². The van der Waals surface area contributed by atoms with E-state index in [9.17, 15) is 4.79 Å². The van der Waals surface area contributed by atoms with Crippen LogP contribution in [0.15, 0.2) is 66.2 Å². The highest BCUT2D eigenvalue weighted by Gasteiger charge is 2.02. The van der Waals surface area contributed by atoms with Crippen molar-refractivity contribution < 1.29 is 9.53 Å². The maximum Gasteiger partial charge on any atom is 0.248 e. The molecule has 0 saturated heterocycles. The largest absolute Gasteiger partial charge is 0.479 e. The van der Waals surface area contributed by atoms with Crippen molar-refractivity contribution in [2.75, 3.05) is 11.9 Å². The number of nitriles is 1. The van der Waals surface area contributed by atoms with Crippen molar-refractivity contribution in [2.24, 2.45) is 0 Å². The van der Waals surface area contributed by atoms with Gasteiger partial charge in [0, 0.05) is 28.9 Å². The minimum Gasteiger partial charge on any atom is -0.479 e. The number of carbonyl (C=O) groups is 1. The molecule has 3 aromatic rings. The van der Waals surface area contributed by atoms with Crippen LogP contribution in [0.5, 0.6) is 5.75 Å². The van der Waals surface area contributed by atoms with E-state index in [4.69, 9.17) is 10.00 Å². The molecule has 6 heteroatoms. The number of aromatic nitrogens is 1. The Kier molecular flexibility index (Phi) is 5.76. The molecular weight excluding hydrogens is 346 g/mol. The number of hydrogen-bond acceptors (Lipinski definition) is 5. The number of amides is 1. The minimum atomic E-state index is -0.211. The molecule has 1 heterocycles. The van der Waals surface area contributed by atoms with Crippen LogP contribution in [0.25, 0.3) is 16.6 Å². The van der Waals surface area contributed by atoms with Gasteiger partial charge >= 0.3 is 0 Å². The quantitative estimate of drug-likeness (QED) is 0.662. The van der Waals surface area contributed by atoms with E-state index in [1.165, 1.54) is 6.08 Å². The van der Waals surface area contributed by atoms with Crippen LogP contribution >= 0.6 is 11.3 Å². The number of nitrogens with one attached hydrogen (secondary N) is 1. The molecule has 3 rings (SSSR count). The van der Waals surface area contributed by atoms with Gasteiger partial charge in [-0.05, 0) is 48.0 Å². The van der Waals surface area contributed by atoms with E-state index in [0.717, 1.165) is 21.8 Å². The summed E-state index contributed by atoms with van der Waals surface area (Å²) in [6.07, 6.45) is 4.95. The summed E-state index contributed by atoms with van der Waals surface area (Å²) < 4.78 is 5.18. The first-order valence-electron chi connectivity index (χ1n) is 7.83. The van der Waals surface area contributed by atoms with Gasteiger partial charge in [-0.25, -0.2) is 4.98 Å². The Hall–Kier alpha value is -3.43.